The van der Waals surface area contributed by atoms with E-state index < -0.39 is 11.9 Å². The van der Waals surface area contributed by atoms with Crippen molar-refractivity contribution in [2.45, 2.75) is 13.8 Å². The van der Waals surface area contributed by atoms with Crippen molar-refractivity contribution >= 4 is 61.7 Å². The predicted octanol–water partition coefficient (Wildman–Crippen LogP) is 15.2. The van der Waals surface area contributed by atoms with Crippen LogP contribution in [0.15, 0.2) is 205 Å². The fourth-order valence-corrected chi connectivity index (χ4v) is 8.69. The van der Waals surface area contributed by atoms with Gasteiger partial charge in [0.1, 0.15) is 5.58 Å². The Labute approximate surface area is 371 Å². The number of rotatable bonds is 11. The summed E-state index contributed by atoms with van der Waals surface area (Å²) in [5.41, 5.74) is 12.2. The van der Waals surface area contributed by atoms with Crippen molar-refractivity contribution in [2.24, 2.45) is 0 Å². The molecule has 1 aromatic heterocycles. The highest BCUT2D eigenvalue weighted by Crippen LogP contribution is 2.44. The van der Waals surface area contributed by atoms with Gasteiger partial charge in [0.25, 0.3) is 0 Å². The molecule has 0 unspecified atom stereocenters. The highest BCUT2D eigenvalue weighted by Gasteiger charge is 2.25. The van der Waals surface area contributed by atoms with Gasteiger partial charge in [0.2, 0.25) is 0 Å². The standard InChI is InChI=1S/C58H43NO5/c1-3-62-57(60)52-37-51(47-20-12-17-42-16-8-9-18-46(42)47)53(58(61)63-4-2)36-50(52)43-30-34-45(35-31-43)59(54-22-13-21-49-48-19-10-11-23-55(48)64-56(49)54)44-32-28-41(29-33-44)40-26-24-39(25-27-40)38-14-6-5-7-15-38/h5-37H,3-4H2,1-2H3. The van der Waals surface area contributed by atoms with Crippen molar-refractivity contribution in [3.8, 4) is 44.5 Å². The van der Waals surface area contributed by atoms with Gasteiger partial charge in [-0.2, -0.15) is 0 Å². The predicted molar refractivity (Wildman–Crippen MR) is 260 cm³/mol. The largest absolute Gasteiger partial charge is 0.462 e. The monoisotopic (exact) mass is 833 g/mol. The third-order valence-corrected chi connectivity index (χ3v) is 11.7. The molecule has 0 radical (unpaired) electrons. The summed E-state index contributed by atoms with van der Waals surface area (Å²) in [5, 5.41) is 4.03. The van der Waals surface area contributed by atoms with Crippen LogP contribution in [0.5, 0.6) is 0 Å². The molecule has 0 aliphatic heterocycles. The number of furan rings is 1. The lowest BCUT2D eigenvalue weighted by Crippen LogP contribution is -2.12. The first-order valence-electron chi connectivity index (χ1n) is 21.6. The molecule has 1 heterocycles. The van der Waals surface area contributed by atoms with E-state index in [2.05, 4.69) is 102 Å². The average Bonchev–Trinajstić information content (AvgIpc) is 3.74. The van der Waals surface area contributed by atoms with Crippen LogP contribution in [0.4, 0.5) is 17.1 Å². The molecule has 0 aliphatic rings. The van der Waals surface area contributed by atoms with Gasteiger partial charge in [-0.15, -0.1) is 0 Å². The lowest BCUT2D eigenvalue weighted by Gasteiger charge is -2.26. The molecule has 0 bridgehead atoms. The van der Waals surface area contributed by atoms with Crippen molar-refractivity contribution in [2.75, 3.05) is 18.1 Å². The van der Waals surface area contributed by atoms with Gasteiger partial charge in [-0.1, -0.05) is 152 Å². The highest BCUT2D eigenvalue weighted by molar-refractivity contribution is 6.11. The number of hydrogen-bond acceptors (Lipinski definition) is 6. The van der Waals surface area contributed by atoms with Crippen LogP contribution in [-0.2, 0) is 9.47 Å². The van der Waals surface area contributed by atoms with E-state index in [1.807, 2.05) is 91.0 Å². The number of anilines is 3. The van der Waals surface area contributed by atoms with Gasteiger partial charge < -0.3 is 18.8 Å². The third kappa shape index (κ3) is 7.45. The number of para-hydroxylation sites is 2. The van der Waals surface area contributed by atoms with Crippen molar-refractivity contribution < 1.29 is 23.5 Å². The Hall–Kier alpha value is -8.22. The Morgan fingerprint density at radius 1 is 0.438 bits per heavy atom. The van der Waals surface area contributed by atoms with Gasteiger partial charge in [-0.3, -0.25) is 0 Å². The number of nitrogens with zero attached hydrogens (tertiary/aromatic N) is 1. The fraction of sp³-hybridized carbons (Fsp3) is 0.0690. The van der Waals surface area contributed by atoms with Crippen LogP contribution in [0.2, 0.25) is 0 Å². The third-order valence-electron chi connectivity index (χ3n) is 11.7. The first-order chi connectivity index (χ1) is 31.5. The number of ether oxygens (including phenoxy) is 2. The molecule has 0 fully saturated rings. The zero-order valence-electron chi connectivity index (χ0n) is 35.5. The second-order valence-electron chi connectivity index (χ2n) is 15.5. The van der Waals surface area contributed by atoms with Crippen molar-refractivity contribution in [1.82, 2.24) is 0 Å². The van der Waals surface area contributed by atoms with E-state index in [9.17, 15) is 9.59 Å². The van der Waals surface area contributed by atoms with Crippen LogP contribution in [0.25, 0.3) is 77.2 Å². The Morgan fingerprint density at radius 3 is 1.58 bits per heavy atom. The molecule has 10 rings (SSSR count). The molecule has 6 nitrogen and oxygen atoms in total. The van der Waals surface area contributed by atoms with Crippen molar-refractivity contribution in [1.29, 1.82) is 0 Å². The van der Waals surface area contributed by atoms with Crippen LogP contribution in [0.1, 0.15) is 34.6 Å². The summed E-state index contributed by atoms with van der Waals surface area (Å²) in [6, 6.07) is 67.4. The average molecular weight is 834 g/mol. The molecule has 0 amide bonds. The molecule has 0 saturated heterocycles. The number of carbonyl (C=O) groups excluding carboxylic acids is 2. The lowest BCUT2D eigenvalue weighted by atomic mass is 9.88. The maximum absolute atomic E-state index is 13.9. The van der Waals surface area contributed by atoms with E-state index in [4.69, 9.17) is 13.9 Å². The van der Waals surface area contributed by atoms with Crippen molar-refractivity contribution in [3.05, 3.63) is 211 Å². The fourth-order valence-electron chi connectivity index (χ4n) is 8.69. The van der Waals surface area contributed by atoms with Crippen LogP contribution in [0.3, 0.4) is 0 Å². The Morgan fingerprint density at radius 2 is 0.922 bits per heavy atom. The molecule has 10 aromatic rings. The lowest BCUT2D eigenvalue weighted by molar-refractivity contribution is 0.0513. The topological polar surface area (TPSA) is 69.0 Å². The quantitative estimate of drug-likeness (QED) is 0.121. The molecule has 0 spiro atoms. The molecule has 310 valence electrons. The van der Waals surface area contributed by atoms with Gasteiger partial charge in [0, 0.05) is 22.1 Å². The van der Waals surface area contributed by atoms with Gasteiger partial charge >= 0.3 is 11.9 Å². The summed E-state index contributed by atoms with van der Waals surface area (Å²) >= 11 is 0. The number of fused-ring (bicyclic) bond motifs is 4. The van der Waals surface area contributed by atoms with Gasteiger partial charge in [-0.25, -0.2) is 9.59 Å². The Kier molecular flexibility index (Phi) is 10.8. The van der Waals surface area contributed by atoms with Gasteiger partial charge in [0.15, 0.2) is 5.58 Å². The second-order valence-corrected chi connectivity index (χ2v) is 15.5. The molecule has 0 saturated carbocycles. The van der Waals surface area contributed by atoms with Crippen molar-refractivity contribution in [3.63, 3.8) is 0 Å². The molecule has 0 atom stereocenters. The van der Waals surface area contributed by atoms with Crippen LogP contribution in [0, 0.1) is 0 Å². The summed E-state index contributed by atoms with van der Waals surface area (Å²) < 4.78 is 17.9. The summed E-state index contributed by atoms with van der Waals surface area (Å²) in [7, 11) is 0. The molecule has 0 N–H and O–H groups in total. The first kappa shape index (κ1) is 39.9. The molecular weight excluding hydrogens is 791 g/mol. The zero-order valence-corrected chi connectivity index (χ0v) is 35.5. The van der Waals surface area contributed by atoms with E-state index in [1.165, 1.54) is 11.1 Å². The summed E-state index contributed by atoms with van der Waals surface area (Å²) in [5.74, 6) is -0.953. The van der Waals surface area contributed by atoms with E-state index in [1.54, 1.807) is 26.0 Å². The van der Waals surface area contributed by atoms with Gasteiger partial charge in [0.05, 0.1) is 30.0 Å². The SMILES string of the molecule is CCOC(=O)c1cc(-c2cccc3ccccc23)c(C(=O)OCC)cc1-c1ccc(N(c2ccc(-c3ccc(-c4ccccc4)cc3)cc2)c2cccc3c2oc2ccccc23)cc1. The van der Waals surface area contributed by atoms with E-state index in [0.717, 1.165) is 72.0 Å². The Bertz CT molecular complexity index is 3310. The molecule has 0 aliphatic carbocycles. The number of carbonyl (C=O) groups is 2. The smallest absolute Gasteiger partial charge is 0.338 e. The van der Waals surface area contributed by atoms with Gasteiger partial charge in [-0.05, 0) is 118 Å². The highest BCUT2D eigenvalue weighted by atomic mass is 16.5. The molecule has 64 heavy (non-hydrogen) atoms. The molecule has 6 heteroatoms. The maximum Gasteiger partial charge on any atom is 0.338 e. The first-order valence-corrected chi connectivity index (χ1v) is 21.6. The van der Waals surface area contributed by atoms with Crippen LogP contribution in [-0.4, -0.2) is 25.2 Å². The van der Waals surface area contributed by atoms with Crippen LogP contribution >= 0.6 is 0 Å². The van der Waals surface area contributed by atoms with E-state index in [0.29, 0.717) is 22.3 Å². The summed E-state index contributed by atoms with van der Waals surface area (Å²) in [4.78, 5) is 29.9. The number of hydrogen-bond donors (Lipinski definition) is 0. The number of esters is 2. The minimum absolute atomic E-state index is 0.195. The van der Waals surface area contributed by atoms with E-state index >= 15 is 0 Å². The minimum atomic E-state index is -0.480. The Balaban J connectivity index is 1.09. The van der Waals surface area contributed by atoms with E-state index in [-0.39, 0.29) is 13.2 Å². The number of benzene rings is 9. The second kappa shape index (κ2) is 17.3. The van der Waals surface area contributed by atoms with Crippen LogP contribution < -0.4 is 4.90 Å². The summed E-state index contributed by atoms with van der Waals surface area (Å²) in [6.07, 6.45) is 0. The molecule has 9 aromatic carbocycles. The summed E-state index contributed by atoms with van der Waals surface area (Å²) in [6.45, 7) is 3.97. The minimum Gasteiger partial charge on any atom is -0.462 e. The zero-order chi connectivity index (χ0) is 43.6. The normalized spacial score (nSPS) is 11.2. The maximum atomic E-state index is 13.9. The molecular formula is C58H43NO5.